The van der Waals surface area contributed by atoms with Crippen LogP contribution in [0.3, 0.4) is 0 Å². The van der Waals surface area contributed by atoms with Gasteiger partial charge >= 0.3 is 6.09 Å². The number of amides is 1. The Morgan fingerprint density at radius 3 is 2.31 bits per heavy atom. The number of carbonyl (C=O) groups is 2. The van der Waals surface area contributed by atoms with Crippen molar-refractivity contribution in [2.75, 3.05) is 0 Å². The second-order valence-electron chi connectivity index (χ2n) is 10.3. The second-order valence-corrected chi connectivity index (χ2v) is 10.7. The van der Waals surface area contributed by atoms with E-state index in [1.165, 1.54) is 0 Å². The van der Waals surface area contributed by atoms with E-state index in [1.807, 2.05) is 77.4 Å². The zero-order valence-electron chi connectivity index (χ0n) is 21.3. The number of aldehydes is 1. The average Bonchev–Trinajstić information content (AvgIpc) is 3.11. The largest absolute Gasteiger partial charge is 0.457 e. The van der Waals surface area contributed by atoms with Crippen LogP contribution < -0.4 is 4.74 Å². The lowest BCUT2D eigenvalue weighted by Gasteiger charge is -2.36. The van der Waals surface area contributed by atoms with Gasteiger partial charge in [0.15, 0.2) is 6.29 Å². The molecule has 0 aliphatic heterocycles. The van der Waals surface area contributed by atoms with E-state index >= 15 is 0 Å². The van der Waals surface area contributed by atoms with Crippen molar-refractivity contribution in [3.63, 3.8) is 0 Å². The highest BCUT2D eigenvalue weighted by Gasteiger charge is 2.32. The van der Waals surface area contributed by atoms with Crippen LogP contribution in [0.5, 0.6) is 11.5 Å². The quantitative estimate of drug-likeness (QED) is 0.347. The molecule has 0 spiro atoms. The van der Waals surface area contributed by atoms with E-state index in [0.29, 0.717) is 28.6 Å². The molecule has 3 rings (SSSR count). The Morgan fingerprint density at radius 2 is 1.74 bits per heavy atom. The molecule has 0 N–H and O–H groups in total. The summed E-state index contributed by atoms with van der Waals surface area (Å²) in [7, 11) is 1.92. The molecule has 0 atom stereocenters. The number of carbonyl (C=O) groups excluding carboxylic acids is 2. The maximum atomic E-state index is 12.9. The van der Waals surface area contributed by atoms with Crippen molar-refractivity contribution in [1.82, 2.24) is 14.5 Å². The maximum Gasteiger partial charge on any atom is 0.411 e. The molecule has 0 saturated carbocycles. The summed E-state index contributed by atoms with van der Waals surface area (Å²) in [6.07, 6.45) is 2.13. The molecule has 0 aliphatic rings. The minimum absolute atomic E-state index is 0.305. The van der Waals surface area contributed by atoms with Crippen LogP contribution in [0, 0.1) is 0 Å². The van der Waals surface area contributed by atoms with Gasteiger partial charge in [0, 0.05) is 29.2 Å². The smallest absolute Gasteiger partial charge is 0.411 e. The molecule has 2 aromatic carbocycles. The highest BCUT2D eigenvalue weighted by molar-refractivity contribution is 6.30. The topological polar surface area (TPSA) is 73.7 Å². The molecule has 1 aromatic heterocycles. The minimum Gasteiger partial charge on any atom is -0.457 e. The lowest BCUT2D eigenvalue weighted by atomic mass is 10.1. The fraction of sp³-hybridized carbons (Fsp3) is 0.370. The number of aromatic nitrogens is 2. The number of nitrogens with zero attached hydrogens (tertiary/aromatic N) is 3. The molecule has 1 amide bonds. The molecule has 0 saturated heterocycles. The van der Waals surface area contributed by atoms with E-state index < -0.39 is 11.1 Å². The molecule has 3 aromatic rings. The molecule has 8 heteroatoms. The van der Waals surface area contributed by atoms with Crippen LogP contribution in [0.4, 0.5) is 4.79 Å². The molecule has 35 heavy (non-hydrogen) atoms. The van der Waals surface area contributed by atoms with Gasteiger partial charge in [0.05, 0.1) is 24.0 Å². The van der Waals surface area contributed by atoms with Crippen LogP contribution in [0.1, 0.15) is 57.7 Å². The van der Waals surface area contributed by atoms with Crippen molar-refractivity contribution >= 4 is 24.0 Å². The number of rotatable bonds is 6. The van der Waals surface area contributed by atoms with Crippen molar-refractivity contribution in [3.8, 4) is 22.8 Å². The first-order valence-electron chi connectivity index (χ1n) is 11.3. The van der Waals surface area contributed by atoms with Gasteiger partial charge in [0.2, 0.25) is 0 Å². The lowest BCUT2D eigenvalue weighted by Crippen LogP contribution is -2.47. The summed E-state index contributed by atoms with van der Waals surface area (Å²) in [6, 6.07) is 12.3. The summed E-state index contributed by atoms with van der Waals surface area (Å²) < 4.78 is 13.4. The maximum absolute atomic E-state index is 12.9. The predicted molar refractivity (Wildman–Crippen MR) is 137 cm³/mol. The van der Waals surface area contributed by atoms with Gasteiger partial charge in [0.25, 0.3) is 0 Å². The average molecular weight is 498 g/mol. The van der Waals surface area contributed by atoms with E-state index in [4.69, 9.17) is 21.1 Å². The van der Waals surface area contributed by atoms with Crippen molar-refractivity contribution in [2.24, 2.45) is 7.05 Å². The Balaban J connectivity index is 1.81. The summed E-state index contributed by atoms with van der Waals surface area (Å²) in [4.78, 5) is 30.4. The third kappa shape index (κ3) is 6.63. The highest BCUT2D eigenvalue weighted by Crippen LogP contribution is 2.30. The predicted octanol–water partition coefficient (Wildman–Crippen LogP) is 6.88. The van der Waals surface area contributed by atoms with E-state index in [9.17, 15) is 9.59 Å². The Bertz CT molecular complexity index is 1200. The number of ether oxygens (including phenoxy) is 2. The van der Waals surface area contributed by atoms with Gasteiger partial charge < -0.3 is 14.0 Å². The molecular weight excluding hydrogens is 466 g/mol. The van der Waals surface area contributed by atoms with Crippen LogP contribution >= 0.6 is 11.6 Å². The van der Waals surface area contributed by atoms with E-state index in [1.54, 1.807) is 29.3 Å². The van der Waals surface area contributed by atoms with Crippen molar-refractivity contribution in [2.45, 2.75) is 59.2 Å². The summed E-state index contributed by atoms with van der Waals surface area (Å²) in [5, 5.41) is 0.486. The van der Waals surface area contributed by atoms with E-state index in [0.717, 1.165) is 23.4 Å². The van der Waals surface area contributed by atoms with Crippen molar-refractivity contribution in [3.05, 3.63) is 65.1 Å². The Morgan fingerprint density at radius 1 is 1.09 bits per heavy atom. The number of halogens is 1. The highest BCUT2D eigenvalue weighted by atomic mass is 35.5. The van der Waals surface area contributed by atoms with E-state index in [2.05, 4.69) is 4.98 Å². The number of hydrogen-bond acceptors (Lipinski definition) is 5. The standard InChI is InChI=1S/C27H32ClN3O4/c1-26(2,3)31(25(33)35-27(4,5)6)16-24-29-15-22(30(24)7)18-9-12-21(13-10-18)34-23-14-20(28)11-8-19(23)17-32/h8-15,17H,16H2,1-7H3. The zero-order valence-corrected chi connectivity index (χ0v) is 22.0. The lowest BCUT2D eigenvalue weighted by molar-refractivity contribution is 0.00279. The molecule has 0 radical (unpaired) electrons. The third-order valence-electron chi connectivity index (χ3n) is 5.29. The molecule has 1 heterocycles. The molecule has 0 aliphatic carbocycles. The second kappa shape index (κ2) is 10.1. The summed E-state index contributed by atoms with van der Waals surface area (Å²) in [6.45, 7) is 11.8. The van der Waals surface area contributed by atoms with Gasteiger partial charge in [-0.3, -0.25) is 9.69 Å². The fourth-order valence-electron chi connectivity index (χ4n) is 3.41. The monoisotopic (exact) mass is 497 g/mol. The van der Waals surface area contributed by atoms with Gasteiger partial charge in [-0.15, -0.1) is 0 Å². The Labute approximate surface area is 211 Å². The number of benzene rings is 2. The van der Waals surface area contributed by atoms with Crippen LogP contribution in [0.25, 0.3) is 11.3 Å². The summed E-state index contributed by atoms with van der Waals surface area (Å²) in [5.41, 5.74) is 1.20. The number of hydrogen-bond donors (Lipinski definition) is 0. The van der Waals surface area contributed by atoms with Crippen molar-refractivity contribution < 1.29 is 19.1 Å². The van der Waals surface area contributed by atoms with Gasteiger partial charge in [-0.25, -0.2) is 9.78 Å². The molecule has 7 nitrogen and oxygen atoms in total. The Kier molecular flexibility index (Phi) is 7.60. The van der Waals surface area contributed by atoms with Crippen LogP contribution in [-0.2, 0) is 18.3 Å². The van der Waals surface area contributed by atoms with E-state index in [-0.39, 0.29) is 6.09 Å². The molecule has 186 valence electrons. The minimum atomic E-state index is -0.589. The van der Waals surface area contributed by atoms with Crippen LogP contribution in [-0.4, -0.2) is 38.0 Å². The third-order valence-corrected chi connectivity index (χ3v) is 5.52. The SMILES string of the molecule is Cn1c(-c2ccc(Oc3cc(Cl)ccc3C=O)cc2)cnc1CN(C(=O)OC(C)(C)C)C(C)(C)C. The summed E-state index contributed by atoms with van der Waals surface area (Å²) >= 11 is 6.04. The molecular formula is C27H32ClN3O4. The van der Waals surface area contributed by atoms with Gasteiger partial charge in [-0.1, -0.05) is 11.6 Å². The van der Waals surface area contributed by atoms with Gasteiger partial charge in [0.1, 0.15) is 22.9 Å². The van der Waals surface area contributed by atoms with Crippen LogP contribution in [0.15, 0.2) is 48.7 Å². The normalized spacial score (nSPS) is 11.8. The molecule has 0 unspecified atom stereocenters. The molecule has 0 fully saturated rings. The first kappa shape index (κ1) is 26.3. The molecule has 0 bridgehead atoms. The zero-order chi connectivity index (χ0) is 26.0. The fourth-order valence-corrected chi connectivity index (χ4v) is 3.57. The Hall–Kier alpha value is -3.32. The van der Waals surface area contributed by atoms with Gasteiger partial charge in [-0.2, -0.15) is 0 Å². The first-order valence-corrected chi connectivity index (χ1v) is 11.7. The summed E-state index contributed by atoms with van der Waals surface area (Å²) in [5.74, 6) is 1.70. The first-order chi connectivity index (χ1) is 16.3. The van der Waals surface area contributed by atoms with Gasteiger partial charge in [-0.05, 0) is 77.9 Å². The van der Waals surface area contributed by atoms with Crippen LogP contribution in [0.2, 0.25) is 5.02 Å². The number of imidazole rings is 1. The van der Waals surface area contributed by atoms with Crippen molar-refractivity contribution in [1.29, 1.82) is 0 Å².